The minimum absolute atomic E-state index is 0.00942. The van der Waals surface area contributed by atoms with E-state index in [9.17, 15) is 18.0 Å². The Hall–Kier alpha value is -3.07. The lowest BCUT2D eigenvalue weighted by Gasteiger charge is -2.11. The molecule has 1 amide bonds. The van der Waals surface area contributed by atoms with E-state index in [1.54, 1.807) is 36.4 Å². The average molecular weight is 378 g/mol. The first-order valence-corrected chi connectivity index (χ1v) is 9.35. The summed E-state index contributed by atoms with van der Waals surface area (Å²) in [7, 11) is -2.03. The number of para-hydroxylation sites is 1. The Bertz CT molecular complexity index is 894. The van der Waals surface area contributed by atoms with E-state index in [2.05, 4.69) is 10.0 Å². The Kier molecular flexibility index (Phi) is 6.18. The molecular formula is C17H18N2O6S. The summed E-state index contributed by atoms with van der Waals surface area (Å²) in [5, 5.41) is 2.57. The summed E-state index contributed by atoms with van der Waals surface area (Å²) >= 11 is 0. The molecule has 0 fully saturated rings. The van der Waals surface area contributed by atoms with E-state index in [1.807, 2.05) is 0 Å². The lowest BCUT2D eigenvalue weighted by atomic mass is 10.2. The van der Waals surface area contributed by atoms with Crippen molar-refractivity contribution < 1.29 is 27.5 Å². The highest BCUT2D eigenvalue weighted by Crippen LogP contribution is 2.18. The summed E-state index contributed by atoms with van der Waals surface area (Å²) in [5.74, 6) is -0.705. The summed E-state index contributed by atoms with van der Waals surface area (Å²) in [6, 6.07) is 12.6. The summed E-state index contributed by atoms with van der Waals surface area (Å²) < 4.78 is 34.9. The van der Waals surface area contributed by atoms with Crippen LogP contribution in [-0.4, -0.2) is 40.3 Å². The van der Waals surface area contributed by atoms with Crippen LogP contribution in [0.2, 0.25) is 0 Å². The number of amides is 1. The Morgan fingerprint density at radius 3 is 2.31 bits per heavy atom. The molecule has 0 aliphatic heterocycles. The zero-order valence-electron chi connectivity index (χ0n) is 14.2. The van der Waals surface area contributed by atoms with Crippen molar-refractivity contribution in [1.29, 1.82) is 0 Å². The number of rotatable bonds is 7. The molecule has 0 aromatic heterocycles. The van der Waals surface area contributed by atoms with Gasteiger partial charge in [0.2, 0.25) is 10.0 Å². The maximum Gasteiger partial charge on any atom is 0.340 e. The summed E-state index contributed by atoms with van der Waals surface area (Å²) in [4.78, 5) is 24.0. The van der Waals surface area contributed by atoms with Gasteiger partial charge >= 0.3 is 5.97 Å². The molecule has 0 saturated heterocycles. The van der Waals surface area contributed by atoms with Gasteiger partial charge in [0.05, 0.1) is 24.6 Å². The van der Waals surface area contributed by atoms with Crippen LogP contribution in [-0.2, 0) is 19.6 Å². The first-order chi connectivity index (χ1) is 12.3. The molecule has 0 heterocycles. The molecule has 0 radical (unpaired) electrons. The Morgan fingerprint density at radius 2 is 1.69 bits per heavy atom. The van der Waals surface area contributed by atoms with Crippen LogP contribution in [0.15, 0.2) is 48.5 Å². The first-order valence-electron chi connectivity index (χ1n) is 7.46. The van der Waals surface area contributed by atoms with Crippen molar-refractivity contribution >= 4 is 33.3 Å². The number of benzene rings is 2. The van der Waals surface area contributed by atoms with Gasteiger partial charge in [-0.25, -0.2) is 13.2 Å². The van der Waals surface area contributed by atoms with Gasteiger partial charge < -0.3 is 14.8 Å². The van der Waals surface area contributed by atoms with Crippen LogP contribution < -0.4 is 14.8 Å². The van der Waals surface area contributed by atoms with Gasteiger partial charge in [0.1, 0.15) is 5.75 Å². The first kappa shape index (κ1) is 19.3. The van der Waals surface area contributed by atoms with Crippen molar-refractivity contribution in [3.05, 3.63) is 54.1 Å². The fraction of sp³-hybridized carbons (Fsp3) is 0.176. The van der Waals surface area contributed by atoms with Gasteiger partial charge in [0.25, 0.3) is 5.91 Å². The average Bonchev–Trinajstić information content (AvgIpc) is 2.59. The van der Waals surface area contributed by atoms with E-state index >= 15 is 0 Å². The van der Waals surface area contributed by atoms with E-state index in [1.165, 1.54) is 19.2 Å². The quantitative estimate of drug-likeness (QED) is 0.712. The van der Waals surface area contributed by atoms with Crippen molar-refractivity contribution in [3.8, 4) is 5.75 Å². The molecule has 2 rings (SSSR count). The zero-order chi connectivity index (χ0) is 19.2. The van der Waals surface area contributed by atoms with E-state index in [4.69, 9.17) is 9.47 Å². The molecule has 2 aromatic rings. The molecule has 0 aliphatic carbocycles. The number of nitrogens with one attached hydrogen (secondary N) is 2. The highest BCUT2D eigenvalue weighted by atomic mass is 32.2. The van der Waals surface area contributed by atoms with Gasteiger partial charge in [0.15, 0.2) is 6.61 Å². The molecule has 9 heteroatoms. The van der Waals surface area contributed by atoms with E-state index < -0.39 is 28.5 Å². The lowest BCUT2D eigenvalue weighted by molar-refractivity contribution is -0.119. The predicted molar refractivity (Wildman–Crippen MR) is 96.8 cm³/mol. The molecule has 0 bridgehead atoms. The number of carbonyl (C=O) groups excluding carboxylic acids is 2. The zero-order valence-corrected chi connectivity index (χ0v) is 15.0. The molecule has 8 nitrogen and oxygen atoms in total. The van der Waals surface area contributed by atoms with Crippen LogP contribution in [0.25, 0.3) is 0 Å². The monoisotopic (exact) mass is 378 g/mol. The molecule has 26 heavy (non-hydrogen) atoms. The Morgan fingerprint density at radius 1 is 1.04 bits per heavy atom. The molecule has 2 N–H and O–H groups in total. The van der Waals surface area contributed by atoms with Gasteiger partial charge in [-0.2, -0.15) is 0 Å². The second-order valence-electron chi connectivity index (χ2n) is 5.27. The van der Waals surface area contributed by atoms with Crippen LogP contribution in [0.5, 0.6) is 5.75 Å². The SMILES string of the molecule is COc1ccc(NC(=O)COC(=O)c2ccccc2NS(C)(=O)=O)cc1. The van der Waals surface area contributed by atoms with Gasteiger partial charge in [-0.15, -0.1) is 0 Å². The molecule has 0 saturated carbocycles. The maximum atomic E-state index is 12.1. The molecule has 0 spiro atoms. The smallest absolute Gasteiger partial charge is 0.340 e. The fourth-order valence-corrected chi connectivity index (χ4v) is 2.61. The van der Waals surface area contributed by atoms with Crippen LogP contribution in [0.3, 0.4) is 0 Å². The standard InChI is InChI=1S/C17H18N2O6S/c1-24-13-9-7-12(8-10-13)18-16(20)11-25-17(21)14-5-3-4-6-15(14)19-26(2,22)23/h3-10,19H,11H2,1-2H3,(H,18,20). The minimum atomic E-state index is -3.56. The molecular weight excluding hydrogens is 360 g/mol. The summed E-state index contributed by atoms with van der Waals surface area (Å²) in [5.41, 5.74) is 0.608. The molecule has 0 aliphatic rings. The summed E-state index contributed by atoms with van der Waals surface area (Å²) in [6.07, 6.45) is 0.970. The van der Waals surface area contributed by atoms with Crippen LogP contribution in [0, 0.1) is 0 Å². The van der Waals surface area contributed by atoms with E-state index in [0.29, 0.717) is 11.4 Å². The fourth-order valence-electron chi connectivity index (χ4n) is 2.03. The van der Waals surface area contributed by atoms with Gasteiger partial charge in [-0.3, -0.25) is 9.52 Å². The maximum absolute atomic E-state index is 12.1. The number of ether oxygens (including phenoxy) is 2. The van der Waals surface area contributed by atoms with Crippen molar-refractivity contribution in [1.82, 2.24) is 0 Å². The van der Waals surface area contributed by atoms with Crippen LogP contribution >= 0.6 is 0 Å². The van der Waals surface area contributed by atoms with Gasteiger partial charge in [-0.1, -0.05) is 12.1 Å². The van der Waals surface area contributed by atoms with Crippen molar-refractivity contribution in [3.63, 3.8) is 0 Å². The van der Waals surface area contributed by atoms with Gasteiger partial charge in [-0.05, 0) is 36.4 Å². The highest BCUT2D eigenvalue weighted by molar-refractivity contribution is 7.92. The lowest BCUT2D eigenvalue weighted by Crippen LogP contribution is -2.21. The normalized spacial score (nSPS) is 10.7. The topological polar surface area (TPSA) is 111 Å². The number of esters is 1. The number of methoxy groups -OCH3 is 1. The number of sulfonamides is 1. The summed E-state index contributed by atoms with van der Waals surface area (Å²) in [6.45, 7) is -0.516. The second-order valence-corrected chi connectivity index (χ2v) is 7.02. The third-order valence-electron chi connectivity index (χ3n) is 3.15. The molecule has 0 atom stereocenters. The number of hydrogen-bond acceptors (Lipinski definition) is 6. The number of hydrogen-bond donors (Lipinski definition) is 2. The molecule has 2 aromatic carbocycles. The largest absolute Gasteiger partial charge is 0.497 e. The van der Waals surface area contributed by atoms with Crippen molar-refractivity contribution in [2.75, 3.05) is 30.0 Å². The Balaban J connectivity index is 1.96. The van der Waals surface area contributed by atoms with Gasteiger partial charge in [0, 0.05) is 5.69 Å². The molecule has 138 valence electrons. The number of carbonyl (C=O) groups is 2. The van der Waals surface area contributed by atoms with E-state index in [0.717, 1.165) is 6.26 Å². The predicted octanol–water partition coefficient (Wildman–Crippen LogP) is 1.86. The third kappa shape index (κ3) is 5.78. The second kappa shape index (κ2) is 8.34. The number of anilines is 2. The van der Waals surface area contributed by atoms with E-state index in [-0.39, 0.29) is 11.3 Å². The van der Waals surface area contributed by atoms with Crippen LogP contribution in [0.1, 0.15) is 10.4 Å². The minimum Gasteiger partial charge on any atom is -0.497 e. The molecule has 0 unspecified atom stereocenters. The third-order valence-corrected chi connectivity index (χ3v) is 3.74. The van der Waals surface area contributed by atoms with Crippen molar-refractivity contribution in [2.24, 2.45) is 0 Å². The highest BCUT2D eigenvalue weighted by Gasteiger charge is 2.16. The van der Waals surface area contributed by atoms with Crippen LogP contribution in [0.4, 0.5) is 11.4 Å². The van der Waals surface area contributed by atoms with Crippen molar-refractivity contribution in [2.45, 2.75) is 0 Å². The Labute approximate surface area is 151 Å².